The van der Waals surface area contributed by atoms with Gasteiger partial charge in [-0.3, -0.25) is 14.2 Å². The van der Waals surface area contributed by atoms with Gasteiger partial charge in [-0.25, -0.2) is 4.98 Å². The van der Waals surface area contributed by atoms with E-state index in [0.29, 0.717) is 27.5 Å². The van der Waals surface area contributed by atoms with E-state index in [1.165, 1.54) is 23.1 Å². The number of carbonyl (C=O) groups excluding carboxylic acids is 1. The van der Waals surface area contributed by atoms with Crippen LogP contribution in [0.5, 0.6) is 5.75 Å². The lowest BCUT2D eigenvalue weighted by Crippen LogP contribution is -2.22. The Morgan fingerprint density at radius 3 is 2.44 bits per heavy atom. The maximum atomic E-state index is 13.8. The Hall–Kier alpha value is -3.68. The summed E-state index contributed by atoms with van der Waals surface area (Å²) in [5, 5.41) is 1.08. The molecule has 0 saturated carbocycles. The Balaban J connectivity index is 1.54. The second-order valence-corrected chi connectivity index (χ2v) is 10.2. The van der Waals surface area contributed by atoms with Gasteiger partial charge in [0.15, 0.2) is 10.9 Å². The van der Waals surface area contributed by atoms with Gasteiger partial charge in [0.1, 0.15) is 10.6 Å². The fraction of sp³-hybridized carbons (Fsp3) is 0.138. The van der Waals surface area contributed by atoms with Crippen molar-refractivity contribution in [2.24, 2.45) is 0 Å². The number of nitrogens with zero attached hydrogens (tertiary/aromatic N) is 2. The third-order valence-corrected chi connectivity index (χ3v) is 7.79. The van der Waals surface area contributed by atoms with Crippen LogP contribution in [0.2, 0.25) is 0 Å². The van der Waals surface area contributed by atoms with Crippen molar-refractivity contribution in [2.75, 3.05) is 12.4 Å². The molecule has 36 heavy (non-hydrogen) atoms. The van der Waals surface area contributed by atoms with Gasteiger partial charge in [-0.2, -0.15) is 0 Å². The molecule has 0 aliphatic carbocycles. The Kier molecular flexibility index (Phi) is 7.02. The number of para-hydroxylation sites is 1. The third-order valence-electron chi connectivity index (χ3n) is 5.77. The molecule has 0 aliphatic rings. The van der Waals surface area contributed by atoms with Crippen LogP contribution >= 0.6 is 23.1 Å². The highest BCUT2D eigenvalue weighted by atomic mass is 32.2. The maximum Gasteiger partial charge on any atom is 0.267 e. The number of hydrogen-bond acceptors (Lipinski definition) is 6. The number of aromatic nitrogens is 2. The number of benzene rings is 3. The van der Waals surface area contributed by atoms with Crippen molar-refractivity contribution in [3.63, 3.8) is 0 Å². The molecule has 7 heteroatoms. The molecule has 0 bridgehead atoms. The van der Waals surface area contributed by atoms with E-state index in [4.69, 9.17) is 9.72 Å². The molecule has 2 heterocycles. The molecule has 0 atom stereocenters. The van der Waals surface area contributed by atoms with Crippen molar-refractivity contribution in [1.82, 2.24) is 9.55 Å². The summed E-state index contributed by atoms with van der Waals surface area (Å²) in [7, 11) is 0. The first kappa shape index (κ1) is 24.0. The molecule has 0 unspecified atom stereocenters. The molecule has 5 rings (SSSR count). The van der Waals surface area contributed by atoms with Crippen molar-refractivity contribution in [2.45, 2.75) is 19.0 Å². The molecule has 5 aromatic rings. The summed E-state index contributed by atoms with van der Waals surface area (Å²) in [4.78, 5) is 33.3. The van der Waals surface area contributed by atoms with Crippen molar-refractivity contribution >= 4 is 39.1 Å². The number of rotatable bonds is 8. The number of ether oxygens (including phenoxy) is 1. The average molecular weight is 513 g/mol. The quantitative estimate of drug-likeness (QED) is 0.130. The largest absolute Gasteiger partial charge is 0.494 e. The van der Waals surface area contributed by atoms with Crippen molar-refractivity contribution in [1.29, 1.82) is 0 Å². The van der Waals surface area contributed by atoms with Crippen LogP contribution in [0.3, 0.4) is 0 Å². The number of Topliss-reactive ketones (excluding diaryl/α,β-unsaturated/α-hetero) is 1. The Bertz CT molecular complexity index is 1590. The van der Waals surface area contributed by atoms with E-state index in [2.05, 4.69) is 0 Å². The van der Waals surface area contributed by atoms with Gasteiger partial charge < -0.3 is 4.74 Å². The number of fused-ring (bicyclic) bond motifs is 1. The van der Waals surface area contributed by atoms with Gasteiger partial charge in [-0.05, 0) is 61.4 Å². The summed E-state index contributed by atoms with van der Waals surface area (Å²) in [5.41, 5.74) is 3.23. The molecule has 0 fully saturated rings. The lowest BCUT2D eigenvalue weighted by Gasteiger charge is -2.14. The van der Waals surface area contributed by atoms with Crippen LogP contribution in [-0.2, 0) is 0 Å². The highest BCUT2D eigenvalue weighted by Gasteiger charge is 2.19. The van der Waals surface area contributed by atoms with Gasteiger partial charge in [-0.15, -0.1) is 11.3 Å². The summed E-state index contributed by atoms with van der Waals surface area (Å²) < 4.78 is 7.10. The Labute approximate surface area is 217 Å². The fourth-order valence-corrected chi connectivity index (χ4v) is 5.93. The molecule has 0 N–H and O–H groups in total. The molecule has 0 spiro atoms. The standard InChI is InChI=1S/C29H24N2O3S2/c1-3-34-22-15-13-20(14-16-22)25(32)18-35-29-30-27-23(17-26(36-27)21-10-5-4-6-11-21)28(33)31(29)24-12-8-7-9-19(24)2/h4-17H,3,18H2,1-2H3. The van der Waals surface area contributed by atoms with Crippen LogP contribution in [0.25, 0.3) is 26.3 Å². The molecule has 180 valence electrons. The number of thioether (sulfide) groups is 1. The zero-order chi connectivity index (χ0) is 25.1. The highest BCUT2D eigenvalue weighted by Crippen LogP contribution is 2.33. The Morgan fingerprint density at radius 2 is 1.72 bits per heavy atom. The van der Waals surface area contributed by atoms with Crippen molar-refractivity contribution in [3.8, 4) is 21.9 Å². The summed E-state index contributed by atoms with van der Waals surface area (Å²) in [6.45, 7) is 4.46. The van der Waals surface area contributed by atoms with Gasteiger partial charge >= 0.3 is 0 Å². The third kappa shape index (κ3) is 4.85. The van der Waals surface area contributed by atoms with Gasteiger partial charge in [0, 0.05) is 10.4 Å². The molecular formula is C29H24N2O3S2. The fourth-order valence-electron chi connectivity index (χ4n) is 3.95. The molecule has 3 aromatic carbocycles. The molecule has 0 amide bonds. The molecule has 5 nitrogen and oxygen atoms in total. The second kappa shape index (κ2) is 10.5. The van der Waals surface area contributed by atoms with Gasteiger partial charge in [0.25, 0.3) is 5.56 Å². The predicted octanol–water partition coefficient (Wildman–Crippen LogP) is 6.80. The van der Waals surface area contributed by atoms with Crippen LogP contribution in [0.15, 0.2) is 94.9 Å². The van der Waals surface area contributed by atoms with Crippen LogP contribution in [0, 0.1) is 6.92 Å². The predicted molar refractivity (Wildman–Crippen MR) is 148 cm³/mol. The molecule has 0 radical (unpaired) electrons. The summed E-state index contributed by atoms with van der Waals surface area (Å²) in [6, 6.07) is 26.7. The average Bonchev–Trinajstić information content (AvgIpc) is 3.34. The van der Waals surface area contributed by atoms with E-state index in [1.807, 2.05) is 74.5 Å². The first-order valence-electron chi connectivity index (χ1n) is 11.6. The smallest absolute Gasteiger partial charge is 0.267 e. The number of carbonyl (C=O) groups is 1. The molecule has 0 saturated heterocycles. The van der Waals surface area contributed by atoms with Crippen molar-refractivity contribution < 1.29 is 9.53 Å². The van der Waals surface area contributed by atoms with E-state index >= 15 is 0 Å². The summed E-state index contributed by atoms with van der Waals surface area (Å²) >= 11 is 2.77. The topological polar surface area (TPSA) is 61.2 Å². The number of ketones is 1. The zero-order valence-corrected chi connectivity index (χ0v) is 21.6. The first-order valence-corrected chi connectivity index (χ1v) is 13.4. The number of thiophene rings is 1. The SMILES string of the molecule is CCOc1ccc(C(=O)CSc2nc3sc(-c4ccccc4)cc3c(=O)n2-c2ccccc2C)cc1. The van der Waals surface area contributed by atoms with Crippen LogP contribution < -0.4 is 10.3 Å². The van der Waals surface area contributed by atoms with E-state index in [1.54, 1.807) is 28.8 Å². The van der Waals surface area contributed by atoms with E-state index < -0.39 is 0 Å². The normalized spacial score (nSPS) is 11.1. The van der Waals surface area contributed by atoms with Gasteiger partial charge in [0.05, 0.1) is 23.4 Å². The van der Waals surface area contributed by atoms with Gasteiger partial charge in [0.2, 0.25) is 0 Å². The summed E-state index contributed by atoms with van der Waals surface area (Å²) in [6.07, 6.45) is 0. The van der Waals surface area contributed by atoms with E-state index in [9.17, 15) is 9.59 Å². The van der Waals surface area contributed by atoms with E-state index in [0.717, 1.165) is 27.4 Å². The van der Waals surface area contributed by atoms with Crippen molar-refractivity contribution in [3.05, 3.63) is 106 Å². The second-order valence-electron chi connectivity index (χ2n) is 8.19. The minimum atomic E-state index is -0.135. The monoisotopic (exact) mass is 512 g/mol. The first-order chi connectivity index (χ1) is 17.5. The molecule has 0 aliphatic heterocycles. The number of aryl methyl sites for hydroxylation is 1. The zero-order valence-electron chi connectivity index (χ0n) is 19.9. The minimum absolute atomic E-state index is 0.0371. The minimum Gasteiger partial charge on any atom is -0.494 e. The Morgan fingerprint density at radius 1 is 1.00 bits per heavy atom. The lowest BCUT2D eigenvalue weighted by molar-refractivity contribution is 0.102. The molecule has 2 aromatic heterocycles. The molecular weight excluding hydrogens is 488 g/mol. The summed E-state index contributed by atoms with van der Waals surface area (Å²) in [5.74, 6) is 0.855. The van der Waals surface area contributed by atoms with Crippen LogP contribution in [-0.4, -0.2) is 27.7 Å². The highest BCUT2D eigenvalue weighted by molar-refractivity contribution is 7.99. The van der Waals surface area contributed by atoms with Crippen LogP contribution in [0.4, 0.5) is 0 Å². The van der Waals surface area contributed by atoms with E-state index in [-0.39, 0.29) is 17.1 Å². The maximum absolute atomic E-state index is 13.8. The van der Waals surface area contributed by atoms with Gasteiger partial charge in [-0.1, -0.05) is 60.3 Å². The lowest BCUT2D eigenvalue weighted by atomic mass is 10.1. The van der Waals surface area contributed by atoms with Crippen LogP contribution in [0.1, 0.15) is 22.8 Å². The number of hydrogen-bond donors (Lipinski definition) is 0.